The number of likely N-dealkylation sites (tertiary alicyclic amines) is 1. The zero-order valence-corrected chi connectivity index (χ0v) is 18.3. The normalized spacial score (nSPS) is 15.8. The highest BCUT2D eigenvalue weighted by Crippen LogP contribution is 2.34. The number of nitrogens with one attached hydrogen (secondary N) is 1. The number of halogens is 1. The first kappa shape index (κ1) is 22.0. The Labute approximate surface area is 188 Å². The van der Waals surface area contributed by atoms with Crippen molar-refractivity contribution in [3.8, 4) is 5.75 Å². The van der Waals surface area contributed by atoms with E-state index in [2.05, 4.69) is 27.3 Å². The summed E-state index contributed by atoms with van der Waals surface area (Å²) >= 11 is 0. The molecule has 3 aromatic rings. The van der Waals surface area contributed by atoms with E-state index in [0.29, 0.717) is 6.61 Å². The zero-order valence-electron chi connectivity index (χ0n) is 18.3. The molecule has 0 aliphatic carbocycles. The van der Waals surface area contributed by atoms with Crippen LogP contribution in [0.15, 0.2) is 73.1 Å². The third-order valence-corrected chi connectivity index (χ3v) is 5.95. The van der Waals surface area contributed by atoms with Crippen LogP contribution in [0.3, 0.4) is 0 Å². The first-order chi connectivity index (χ1) is 15.5. The molecule has 0 radical (unpaired) electrons. The molecule has 0 unspecified atom stereocenters. The molecule has 0 atom stereocenters. The molecule has 0 saturated carbocycles. The molecule has 1 N–H and O–H groups in total. The molecule has 1 aliphatic rings. The predicted molar refractivity (Wildman–Crippen MR) is 121 cm³/mol. The number of amides is 1. The lowest BCUT2D eigenvalue weighted by molar-refractivity contribution is -0.121. The minimum absolute atomic E-state index is 0.0683. The minimum Gasteiger partial charge on any atom is -0.489 e. The van der Waals surface area contributed by atoms with Gasteiger partial charge < -0.3 is 10.1 Å². The van der Waals surface area contributed by atoms with E-state index >= 15 is 0 Å². The van der Waals surface area contributed by atoms with Crippen LogP contribution in [0.1, 0.15) is 36.5 Å². The Balaban J connectivity index is 1.38. The van der Waals surface area contributed by atoms with E-state index in [-0.39, 0.29) is 11.7 Å². The fraction of sp³-hybridized carbons (Fsp3) is 0.308. The van der Waals surface area contributed by atoms with Crippen LogP contribution in [0.4, 0.5) is 4.39 Å². The molecular weight excluding hydrogens is 405 g/mol. The zero-order chi connectivity index (χ0) is 22.4. The van der Waals surface area contributed by atoms with Crippen molar-refractivity contribution in [1.29, 1.82) is 0 Å². The summed E-state index contributed by atoms with van der Waals surface area (Å²) in [5, 5.41) is 3.14. The van der Waals surface area contributed by atoms with E-state index < -0.39 is 5.54 Å². The van der Waals surface area contributed by atoms with Gasteiger partial charge in [-0.2, -0.15) is 0 Å². The average molecular weight is 434 g/mol. The van der Waals surface area contributed by atoms with E-state index in [1.807, 2.05) is 24.3 Å². The average Bonchev–Trinajstić information content (AvgIpc) is 2.80. The van der Waals surface area contributed by atoms with Gasteiger partial charge in [0.1, 0.15) is 18.2 Å². The largest absolute Gasteiger partial charge is 0.489 e. The van der Waals surface area contributed by atoms with Gasteiger partial charge in [-0.3, -0.25) is 14.7 Å². The van der Waals surface area contributed by atoms with Crippen molar-refractivity contribution in [1.82, 2.24) is 15.2 Å². The summed E-state index contributed by atoms with van der Waals surface area (Å²) in [6.45, 7) is 4.49. The van der Waals surface area contributed by atoms with Crippen LogP contribution < -0.4 is 10.1 Å². The molecule has 0 bridgehead atoms. The van der Waals surface area contributed by atoms with Gasteiger partial charge in [0.2, 0.25) is 5.91 Å². The van der Waals surface area contributed by atoms with Gasteiger partial charge in [-0.15, -0.1) is 0 Å². The number of pyridine rings is 1. The highest BCUT2D eigenvalue weighted by Gasteiger charge is 2.36. The molecule has 1 amide bonds. The molecule has 0 spiro atoms. The second kappa shape index (κ2) is 9.92. The van der Waals surface area contributed by atoms with E-state index in [4.69, 9.17) is 4.74 Å². The molecule has 32 heavy (non-hydrogen) atoms. The lowest BCUT2D eigenvalue weighted by Crippen LogP contribution is -2.52. The Morgan fingerprint density at radius 2 is 1.84 bits per heavy atom. The Kier molecular flexibility index (Phi) is 6.81. The number of hydrogen-bond donors (Lipinski definition) is 1. The molecule has 2 heterocycles. The van der Waals surface area contributed by atoms with E-state index in [9.17, 15) is 9.18 Å². The molecule has 4 rings (SSSR count). The van der Waals surface area contributed by atoms with Crippen molar-refractivity contribution < 1.29 is 13.9 Å². The summed E-state index contributed by atoms with van der Waals surface area (Å²) in [4.78, 5) is 18.4. The van der Waals surface area contributed by atoms with Gasteiger partial charge in [0, 0.05) is 44.5 Å². The summed E-state index contributed by atoms with van der Waals surface area (Å²) in [7, 11) is 0. The molecular formula is C26H28FN3O2. The maximum Gasteiger partial charge on any atom is 0.217 e. The quantitative estimate of drug-likeness (QED) is 0.599. The molecule has 166 valence electrons. The number of benzene rings is 2. The third kappa shape index (κ3) is 5.51. The topological polar surface area (TPSA) is 54.5 Å². The Morgan fingerprint density at radius 1 is 1.09 bits per heavy atom. The maximum absolute atomic E-state index is 13.4. The number of piperidine rings is 1. The second-order valence-corrected chi connectivity index (χ2v) is 8.34. The summed E-state index contributed by atoms with van der Waals surface area (Å²) in [6, 6.07) is 18.5. The molecule has 1 aliphatic heterocycles. The Morgan fingerprint density at radius 3 is 2.53 bits per heavy atom. The van der Waals surface area contributed by atoms with Crippen LogP contribution in [0.5, 0.6) is 5.75 Å². The van der Waals surface area contributed by atoms with Crippen molar-refractivity contribution in [2.75, 3.05) is 13.1 Å². The van der Waals surface area contributed by atoms with Crippen LogP contribution in [0.25, 0.3) is 0 Å². The predicted octanol–water partition coefficient (Wildman–Crippen LogP) is 4.43. The van der Waals surface area contributed by atoms with Crippen molar-refractivity contribution in [2.45, 2.75) is 38.5 Å². The standard InChI is InChI=1S/C26H28FN3O2/c1-20(31)29-26(23-7-9-24(27)10-8-23)11-14-30(15-12-26)18-21-4-2-6-25(16-21)32-19-22-5-3-13-28-17-22/h2-10,13,16-17H,11-12,14-15,18-19H2,1H3,(H,29,31). The summed E-state index contributed by atoms with van der Waals surface area (Å²) in [6.07, 6.45) is 5.10. The van der Waals surface area contributed by atoms with E-state index in [1.165, 1.54) is 24.6 Å². The van der Waals surface area contributed by atoms with Gasteiger partial charge in [0.15, 0.2) is 0 Å². The molecule has 2 aromatic carbocycles. The van der Waals surface area contributed by atoms with Gasteiger partial charge in [0.25, 0.3) is 0 Å². The number of carbonyl (C=O) groups is 1. The van der Waals surface area contributed by atoms with Gasteiger partial charge >= 0.3 is 0 Å². The Hall–Kier alpha value is -3.25. The molecule has 1 saturated heterocycles. The Bertz CT molecular complexity index is 1030. The summed E-state index contributed by atoms with van der Waals surface area (Å²) in [5.74, 6) is 0.498. The number of aromatic nitrogens is 1. The van der Waals surface area contributed by atoms with Crippen LogP contribution in [0.2, 0.25) is 0 Å². The second-order valence-electron chi connectivity index (χ2n) is 8.34. The van der Waals surface area contributed by atoms with Crippen LogP contribution in [-0.4, -0.2) is 28.9 Å². The van der Waals surface area contributed by atoms with Gasteiger partial charge in [-0.05, 0) is 54.3 Å². The fourth-order valence-corrected chi connectivity index (χ4v) is 4.33. The highest BCUT2D eigenvalue weighted by molar-refractivity contribution is 5.74. The smallest absolute Gasteiger partial charge is 0.217 e. The maximum atomic E-state index is 13.4. The van der Waals surface area contributed by atoms with Crippen molar-refractivity contribution in [3.63, 3.8) is 0 Å². The monoisotopic (exact) mass is 433 g/mol. The van der Waals surface area contributed by atoms with Crippen LogP contribution in [-0.2, 0) is 23.5 Å². The summed E-state index contributed by atoms with van der Waals surface area (Å²) in [5.41, 5.74) is 2.72. The van der Waals surface area contributed by atoms with Gasteiger partial charge in [0.05, 0.1) is 5.54 Å². The van der Waals surface area contributed by atoms with Crippen molar-refractivity contribution in [3.05, 3.63) is 95.6 Å². The SMILES string of the molecule is CC(=O)NC1(c2ccc(F)cc2)CCN(Cc2cccc(OCc3cccnc3)c2)CC1. The van der Waals surface area contributed by atoms with Crippen LogP contribution >= 0.6 is 0 Å². The number of nitrogens with zero attached hydrogens (tertiary/aromatic N) is 2. The first-order valence-electron chi connectivity index (χ1n) is 10.9. The lowest BCUT2D eigenvalue weighted by atomic mass is 9.80. The minimum atomic E-state index is -0.454. The number of carbonyl (C=O) groups excluding carboxylic acids is 1. The molecule has 6 heteroatoms. The molecule has 1 fully saturated rings. The fourth-order valence-electron chi connectivity index (χ4n) is 4.33. The third-order valence-electron chi connectivity index (χ3n) is 5.95. The number of hydrogen-bond acceptors (Lipinski definition) is 4. The lowest BCUT2D eigenvalue weighted by Gasteiger charge is -2.42. The van der Waals surface area contributed by atoms with Crippen molar-refractivity contribution in [2.24, 2.45) is 0 Å². The van der Waals surface area contributed by atoms with E-state index in [0.717, 1.165) is 49.4 Å². The number of rotatable bonds is 7. The molecule has 5 nitrogen and oxygen atoms in total. The molecule has 1 aromatic heterocycles. The van der Waals surface area contributed by atoms with Crippen LogP contribution in [0, 0.1) is 5.82 Å². The van der Waals surface area contributed by atoms with E-state index in [1.54, 1.807) is 24.5 Å². The first-order valence-corrected chi connectivity index (χ1v) is 10.9. The van der Waals surface area contributed by atoms with Crippen molar-refractivity contribution >= 4 is 5.91 Å². The number of ether oxygens (including phenoxy) is 1. The summed E-state index contributed by atoms with van der Waals surface area (Å²) < 4.78 is 19.4. The van der Waals surface area contributed by atoms with Gasteiger partial charge in [-0.1, -0.05) is 30.3 Å². The highest BCUT2D eigenvalue weighted by atomic mass is 19.1. The van der Waals surface area contributed by atoms with Gasteiger partial charge in [-0.25, -0.2) is 4.39 Å².